The molecule has 0 radical (unpaired) electrons. The minimum absolute atomic E-state index is 0.0610. The van der Waals surface area contributed by atoms with Gasteiger partial charge in [-0.05, 0) is 37.3 Å². The summed E-state index contributed by atoms with van der Waals surface area (Å²) in [6.07, 6.45) is 0. The number of nitrogens with one attached hydrogen (secondary N) is 1. The molecule has 0 aromatic heterocycles. The minimum atomic E-state index is -0.266. The molecule has 0 bridgehead atoms. The second-order valence-corrected chi connectivity index (χ2v) is 7.50. The Hall–Kier alpha value is -2.84. The van der Waals surface area contributed by atoms with Crippen molar-refractivity contribution in [1.29, 1.82) is 0 Å². The first-order valence-corrected chi connectivity index (χ1v) is 10.0. The number of benzene rings is 2. The fourth-order valence-electron chi connectivity index (χ4n) is 3.81. The van der Waals surface area contributed by atoms with Crippen LogP contribution in [0.2, 0.25) is 0 Å². The van der Waals surface area contributed by atoms with Gasteiger partial charge in [-0.15, -0.1) is 0 Å². The van der Waals surface area contributed by atoms with Crippen LogP contribution in [0.25, 0.3) is 0 Å². The van der Waals surface area contributed by atoms with Gasteiger partial charge in [0.25, 0.3) is 0 Å². The Kier molecular flexibility index (Phi) is 6.06. The smallest absolute Gasteiger partial charge is 0.241 e. The SMILES string of the molecule is COc1ccc(F)cc1CN1CCN([C@H](C)C(=O)Nc2ccc3c(c2)OCO3)CC1. The molecule has 2 heterocycles. The van der Waals surface area contributed by atoms with E-state index in [0.29, 0.717) is 29.5 Å². The molecule has 1 atom stereocenters. The fourth-order valence-corrected chi connectivity index (χ4v) is 3.81. The van der Waals surface area contributed by atoms with Crippen LogP contribution in [0.4, 0.5) is 10.1 Å². The van der Waals surface area contributed by atoms with Crippen molar-refractivity contribution in [2.24, 2.45) is 0 Å². The molecule has 30 heavy (non-hydrogen) atoms. The highest BCUT2D eigenvalue weighted by Gasteiger charge is 2.26. The van der Waals surface area contributed by atoms with Crippen LogP contribution in [-0.2, 0) is 11.3 Å². The molecule has 7 nitrogen and oxygen atoms in total. The van der Waals surface area contributed by atoms with Crippen LogP contribution in [0, 0.1) is 5.82 Å². The van der Waals surface area contributed by atoms with Crippen molar-refractivity contribution in [2.45, 2.75) is 19.5 Å². The summed E-state index contributed by atoms with van der Waals surface area (Å²) in [6, 6.07) is 9.69. The third-order valence-corrected chi connectivity index (χ3v) is 5.61. The van der Waals surface area contributed by atoms with Gasteiger partial charge < -0.3 is 19.5 Å². The predicted molar refractivity (Wildman–Crippen MR) is 110 cm³/mol. The number of fused-ring (bicyclic) bond motifs is 1. The average Bonchev–Trinajstić information content (AvgIpc) is 3.22. The van der Waals surface area contributed by atoms with Crippen LogP contribution in [0.5, 0.6) is 17.2 Å². The molecule has 8 heteroatoms. The van der Waals surface area contributed by atoms with Crippen molar-refractivity contribution in [3.8, 4) is 17.2 Å². The number of carbonyl (C=O) groups excluding carboxylic acids is 1. The monoisotopic (exact) mass is 415 g/mol. The predicted octanol–water partition coefficient (Wildman–Crippen LogP) is 2.71. The van der Waals surface area contributed by atoms with Crippen LogP contribution in [0.1, 0.15) is 12.5 Å². The summed E-state index contributed by atoms with van der Waals surface area (Å²) in [5.74, 6) is 1.69. The maximum absolute atomic E-state index is 13.6. The zero-order chi connectivity index (χ0) is 21.1. The largest absolute Gasteiger partial charge is 0.496 e. The van der Waals surface area contributed by atoms with Gasteiger partial charge in [-0.25, -0.2) is 4.39 Å². The number of hydrogen-bond donors (Lipinski definition) is 1. The third kappa shape index (κ3) is 4.49. The number of piperazine rings is 1. The van der Waals surface area contributed by atoms with Crippen LogP contribution in [0.3, 0.4) is 0 Å². The standard InChI is InChI=1S/C22H26FN3O4/c1-15(22(27)24-18-4-6-20-21(12-18)30-14-29-20)26-9-7-25(8-10-26)13-16-11-17(23)3-5-19(16)28-2/h3-6,11-12,15H,7-10,13-14H2,1-2H3,(H,24,27)/t15-/m1/s1. The molecule has 1 N–H and O–H groups in total. The van der Waals surface area contributed by atoms with E-state index in [1.54, 1.807) is 25.3 Å². The molecule has 0 saturated carbocycles. The number of amides is 1. The Morgan fingerprint density at radius 2 is 1.90 bits per heavy atom. The number of rotatable bonds is 6. The van der Waals surface area contributed by atoms with Gasteiger partial charge in [0.2, 0.25) is 12.7 Å². The van der Waals surface area contributed by atoms with E-state index in [0.717, 1.165) is 31.7 Å². The van der Waals surface area contributed by atoms with Gasteiger partial charge in [0.1, 0.15) is 11.6 Å². The van der Waals surface area contributed by atoms with Gasteiger partial charge in [-0.3, -0.25) is 14.6 Å². The van der Waals surface area contributed by atoms with Crippen molar-refractivity contribution in [3.63, 3.8) is 0 Å². The molecule has 1 amide bonds. The number of nitrogens with zero attached hydrogens (tertiary/aromatic N) is 2. The number of halogens is 1. The lowest BCUT2D eigenvalue weighted by atomic mass is 10.1. The zero-order valence-electron chi connectivity index (χ0n) is 17.2. The Morgan fingerprint density at radius 1 is 1.13 bits per heavy atom. The number of anilines is 1. The van der Waals surface area contributed by atoms with Crippen molar-refractivity contribution in [2.75, 3.05) is 45.4 Å². The van der Waals surface area contributed by atoms with E-state index >= 15 is 0 Å². The van der Waals surface area contributed by atoms with Gasteiger partial charge in [-0.1, -0.05) is 0 Å². The molecule has 1 fully saturated rings. The molecular formula is C22H26FN3O4. The summed E-state index contributed by atoms with van der Waals surface area (Å²) in [7, 11) is 1.59. The summed E-state index contributed by atoms with van der Waals surface area (Å²) in [6.45, 7) is 5.83. The molecule has 2 aliphatic heterocycles. The molecule has 0 spiro atoms. The topological polar surface area (TPSA) is 63.3 Å². The van der Waals surface area contributed by atoms with E-state index in [9.17, 15) is 9.18 Å². The quantitative estimate of drug-likeness (QED) is 0.783. The Labute approximate surface area is 175 Å². The van der Waals surface area contributed by atoms with Gasteiger partial charge in [0.15, 0.2) is 11.5 Å². The highest BCUT2D eigenvalue weighted by Crippen LogP contribution is 2.34. The first-order valence-electron chi connectivity index (χ1n) is 10.0. The second-order valence-electron chi connectivity index (χ2n) is 7.50. The molecular weight excluding hydrogens is 389 g/mol. The number of methoxy groups -OCH3 is 1. The van der Waals surface area contributed by atoms with Crippen LogP contribution < -0.4 is 19.5 Å². The number of carbonyl (C=O) groups is 1. The Bertz CT molecular complexity index is 915. The molecule has 4 rings (SSSR count). The Morgan fingerprint density at radius 3 is 2.67 bits per heavy atom. The van der Waals surface area contributed by atoms with E-state index in [-0.39, 0.29) is 24.6 Å². The summed E-state index contributed by atoms with van der Waals surface area (Å²) < 4.78 is 29.6. The summed E-state index contributed by atoms with van der Waals surface area (Å²) in [5.41, 5.74) is 1.52. The first-order chi connectivity index (χ1) is 14.5. The lowest BCUT2D eigenvalue weighted by molar-refractivity contribution is -0.121. The minimum Gasteiger partial charge on any atom is -0.496 e. The highest BCUT2D eigenvalue weighted by molar-refractivity contribution is 5.94. The molecule has 2 aromatic carbocycles. The van der Waals surface area contributed by atoms with Crippen LogP contribution in [0.15, 0.2) is 36.4 Å². The van der Waals surface area contributed by atoms with Gasteiger partial charge >= 0.3 is 0 Å². The van der Waals surface area contributed by atoms with Crippen molar-refractivity contribution >= 4 is 11.6 Å². The third-order valence-electron chi connectivity index (χ3n) is 5.61. The van der Waals surface area contributed by atoms with Gasteiger partial charge in [-0.2, -0.15) is 0 Å². The molecule has 160 valence electrons. The van der Waals surface area contributed by atoms with Crippen molar-refractivity contribution in [1.82, 2.24) is 9.80 Å². The lowest BCUT2D eigenvalue weighted by Gasteiger charge is -2.37. The normalized spacial score (nSPS) is 17.6. The average molecular weight is 415 g/mol. The maximum atomic E-state index is 13.6. The highest BCUT2D eigenvalue weighted by atomic mass is 19.1. The van der Waals surface area contributed by atoms with E-state index in [1.807, 2.05) is 13.0 Å². The van der Waals surface area contributed by atoms with Gasteiger partial charge in [0, 0.05) is 50.0 Å². The number of hydrogen-bond acceptors (Lipinski definition) is 6. The second kappa shape index (κ2) is 8.89. The van der Waals surface area contributed by atoms with Crippen molar-refractivity contribution in [3.05, 3.63) is 47.8 Å². The van der Waals surface area contributed by atoms with E-state index in [4.69, 9.17) is 14.2 Å². The molecule has 2 aliphatic rings. The molecule has 0 unspecified atom stereocenters. The Balaban J connectivity index is 1.30. The zero-order valence-corrected chi connectivity index (χ0v) is 17.2. The lowest BCUT2D eigenvalue weighted by Crippen LogP contribution is -2.52. The first kappa shape index (κ1) is 20.4. The number of ether oxygens (including phenoxy) is 3. The summed E-state index contributed by atoms with van der Waals surface area (Å²) in [5, 5.41) is 2.95. The molecule has 2 aromatic rings. The van der Waals surface area contributed by atoms with E-state index < -0.39 is 0 Å². The van der Waals surface area contributed by atoms with E-state index in [2.05, 4.69) is 15.1 Å². The molecule has 0 aliphatic carbocycles. The van der Waals surface area contributed by atoms with Crippen LogP contribution in [-0.4, -0.2) is 61.8 Å². The maximum Gasteiger partial charge on any atom is 0.241 e. The fraction of sp³-hybridized carbons (Fsp3) is 0.409. The summed E-state index contributed by atoms with van der Waals surface area (Å²) >= 11 is 0. The van der Waals surface area contributed by atoms with Crippen molar-refractivity contribution < 1.29 is 23.4 Å². The van der Waals surface area contributed by atoms with E-state index in [1.165, 1.54) is 12.1 Å². The van der Waals surface area contributed by atoms with Gasteiger partial charge in [0.05, 0.1) is 13.2 Å². The van der Waals surface area contributed by atoms with Crippen LogP contribution >= 0.6 is 0 Å². The molecule has 1 saturated heterocycles. The summed E-state index contributed by atoms with van der Waals surface area (Å²) in [4.78, 5) is 17.1.